The fraction of sp³-hybridized carbons (Fsp3) is 0.438. The van der Waals surface area contributed by atoms with Crippen LogP contribution in [0, 0.1) is 5.82 Å². The van der Waals surface area contributed by atoms with E-state index in [9.17, 15) is 18.8 Å². The van der Waals surface area contributed by atoms with Crippen molar-refractivity contribution in [2.75, 3.05) is 31.1 Å². The topological polar surface area (TPSA) is 81.8 Å². The standard InChI is InChI=1S/C16H19FN4O3/c17-11-3-1-2-4-13(11)20-7-9-21(10-8-20)14(22)6-5-12-15(23)19-16(24)18-12/h1-4,12H,5-10H2,(H2,18,19,23,24). The lowest BCUT2D eigenvalue weighted by Gasteiger charge is -2.36. The van der Waals surface area contributed by atoms with Crippen molar-refractivity contribution in [2.45, 2.75) is 18.9 Å². The van der Waals surface area contributed by atoms with Gasteiger partial charge in [0.25, 0.3) is 5.91 Å². The van der Waals surface area contributed by atoms with Crippen molar-refractivity contribution in [3.8, 4) is 0 Å². The maximum absolute atomic E-state index is 13.8. The largest absolute Gasteiger partial charge is 0.366 e. The molecule has 3 rings (SSSR count). The Balaban J connectivity index is 1.48. The number of rotatable bonds is 4. The number of halogens is 1. The van der Waals surface area contributed by atoms with E-state index in [0.717, 1.165) is 0 Å². The van der Waals surface area contributed by atoms with Gasteiger partial charge in [-0.15, -0.1) is 0 Å². The molecule has 1 atom stereocenters. The molecule has 0 aromatic heterocycles. The number of hydrogen-bond donors (Lipinski definition) is 2. The third kappa shape index (κ3) is 3.47. The predicted molar refractivity (Wildman–Crippen MR) is 84.9 cm³/mol. The number of urea groups is 1. The molecule has 2 N–H and O–H groups in total. The summed E-state index contributed by atoms with van der Waals surface area (Å²) < 4.78 is 13.8. The van der Waals surface area contributed by atoms with Crippen LogP contribution < -0.4 is 15.5 Å². The molecule has 1 aromatic rings. The lowest BCUT2D eigenvalue weighted by Crippen LogP contribution is -2.49. The number of nitrogens with zero attached hydrogens (tertiary/aromatic N) is 2. The smallest absolute Gasteiger partial charge is 0.322 e. The fourth-order valence-corrected chi connectivity index (χ4v) is 2.99. The number of carbonyl (C=O) groups is 3. The van der Waals surface area contributed by atoms with Crippen molar-refractivity contribution < 1.29 is 18.8 Å². The van der Waals surface area contributed by atoms with Gasteiger partial charge in [0.1, 0.15) is 11.9 Å². The highest BCUT2D eigenvalue weighted by molar-refractivity contribution is 6.04. The van der Waals surface area contributed by atoms with Crippen molar-refractivity contribution >= 4 is 23.5 Å². The van der Waals surface area contributed by atoms with Crippen LogP contribution in [0.3, 0.4) is 0 Å². The number of para-hydroxylation sites is 1. The first-order valence-electron chi connectivity index (χ1n) is 7.93. The Bertz CT molecular complexity index is 658. The zero-order valence-electron chi connectivity index (χ0n) is 13.1. The van der Waals surface area contributed by atoms with E-state index in [-0.39, 0.29) is 24.6 Å². The lowest BCUT2D eigenvalue weighted by molar-refractivity contribution is -0.131. The first kappa shape index (κ1) is 16.2. The molecule has 2 heterocycles. The number of benzene rings is 1. The Morgan fingerprint density at radius 3 is 2.50 bits per heavy atom. The molecule has 4 amide bonds. The third-order valence-corrected chi connectivity index (χ3v) is 4.33. The van der Waals surface area contributed by atoms with Gasteiger partial charge in [0.05, 0.1) is 5.69 Å². The molecule has 0 aliphatic carbocycles. The highest BCUT2D eigenvalue weighted by Gasteiger charge is 2.30. The summed E-state index contributed by atoms with van der Waals surface area (Å²) in [6.07, 6.45) is 0.474. The zero-order valence-corrected chi connectivity index (χ0v) is 13.1. The number of amides is 4. The molecule has 7 nitrogen and oxygen atoms in total. The summed E-state index contributed by atoms with van der Waals surface area (Å²) in [7, 11) is 0. The van der Waals surface area contributed by atoms with Crippen molar-refractivity contribution in [3.05, 3.63) is 30.1 Å². The second-order valence-corrected chi connectivity index (χ2v) is 5.87. The Kier molecular flexibility index (Phi) is 4.64. The Labute approximate surface area is 138 Å². The molecule has 128 valence electrons. The molecule has 24 heavy (non-hydrogen) atoms. The Hall–Kier alpha value is -2.64. The van der Waals surface area contributed by atoms with Gasteiger partial charge in [-0.05, 0) is 18.6 Å². The monoisotopic (exact) mass is 334 g/mol. The van der Waals surface area contributed by atoms with Gasteiger partial charge < -0.3 is 15.1 Å². The molecule has 0 bridgehead atoms. The van der Waals surface area contributed by atoms with E-state index in [2.05, 4.69) is 10.6 Å². The van der Waals surface area contributed by atoms with Crippen LogP contribution in [0.2, 0.25) is 0 Å². The summed E-state index contributed by atoms with van der Waals surface area (Å²) in [6.45, 7) is 2.15. The average molecular weight is 334 g/mol. The number of piperazine rings is 1. The van der Waals surface area contributed by atoms with Crippen molar-refractivity contribution in [2.24, 2.45) is 0 Å². The van der Waals surface area contributed by atoms with E-state index in [1.165, 1.54) is 6.07 Å². The SMILES string of the molecule is O=C1NC(=O)C(CCC(=O)N2CCN(c3ccccc3F)CC2)N1. The maximum Gasteiger partial charge on any atom is 0.322 e. The van der Waals surface area contributed by atoms with Crippen LogP contribution in [0.1, 0.15) is 12.8 Å². The molecule has 1 aromatic carbocycles. The molecule has 2 saturated heterocycles. The van der Waals surface area contributed by atoms with E-state index in [1.807, 2.05) is 4.90 Å². The van der Waals surface area contributed by atoms with E-state index in [1.54, 1.807) is 23.1 Å². The molecule has 2 aliphatic heterocycles. The van der Waals surface area contributed by atoms with E-state index < -0.39 is 18.0 Å². The zero-order chi connectivity index (χ0) is 17.1. The minimum Gasteiger partial charge on any atom is -0.366 e. The second-order valence-electron chi connectivity index (χ2n) is 5.87. The van der Waals surface area contributed by atoms with Gasteiger partial charge in [-0.25, -0.2) is 9.18 Å². The number of carbonyl (C=O) groups excluding carboxylic acids is 3. The van der Waals surface area contributed by atoms with Gasteiger partial charge >= 0.3 is 6.03 Å². The summed E-state index contributed by atoms with van der Waals surface area (Å²) in [6, 6.07) is 5.44. The first-order valence-corrected chi connectivity index (χ1v) is 7.93. The molecule has 0 saturated carbocycles. The molecule has 0 spiro atoms. The van der Waals surface area contributed by atoms with Crippen LogP contribution >= 0.6 is 0 Å². The van der Waals surface area contributed by atoms with Crippen LogP contribution in [0.5, 0.6) is 0 Å². The number of hydrogen-bond acceptors (Lipinski definition) is 4. The Morgan fingerprint density at radius 2 is 1.88 bits per heavy atom. The van der Waals surface area contributed by atoms with Crippen molar-refractivity contribution in [3.63, 3.8) is 0 Å². The Morgan fingerprint density at radius 1 is 1.17 bits per heavy atom. The van der Waals surface area contributed by atoms with Gasteiger partial charge in [0.15, 0.2) is 0 Å². The van der Waals surface area contributed by atoms with E-state index >= 15 is 0 Å². The van der Waals surface area contributed by atoms with Gasteiger partial charge in [-0.1, -0.05) is 12.1 Å². The molecular weight excluding hydrogens is 315 g/mol. The van der Waals surface area contributed by atoms with Gasteiger partial charge in [0, 0.05) is 32.6 Å². The summed E-state index contributed by atoms with van der Waals surface area (Å²) in [4.78, 5) is 38.4. The summed E-state index contributed by atoms with van der Waals surface area (Å²) in [5, 5.41) is 4.62. The normalized spacial score (nSPS) is 20.8. The summed E-state index contributed by atoms with van der Waals surface area (Å²) in [5.41, 5.74) is 0.551. The van der Waals surface area contributed by atoms with Gasteiger partial charge in [-0.3, -0.25) is 14.9 Å². The molecule has 1 unspecified atom stereocenters. The second kappa shape index (κ2) is 6.86. The highest BCUT2D eigenvalue weighted by atomic mass is 19.1. The molecule has 8 heteroatoms. The maximum atomic E-state index is 13.8. The number of nitrogens with one attached hydrogen (secondary N) is 2. The van der Waals surface area contributed by atoms with Crippen LogP contribution in [0.15, 0.2) is 24.3 Å². The minimum atomic E-state index is -0.638. The average Bonchev–Trinajstić information content (AvgIpc) is 2.91. The van der Waals surface area contributed by atoms with Crippen LogP contribution in [0.4, 0.5) is 14.9 Å². The fourth-order valence-electron chi connectivity index (χ4n) is 2.99. The van der Waals surface area contributed by atoms with Crippen molar-refractivity contribution in [1.29, 1.82) is 0 Å². The molecule has 0 radical (unpaired) electrons. The van der Waals surface area contributed by atoms with Gasteiger partial charge in [-0.2, -0.15) is 0 Å². The van der Waals surface area contributed by atoms with Gasteiger partial charge in [0.2, 0.25) is 5.91 Å². The third-order valence-electron chi connectivity index (χ3n) is 4.33. The van der Waals surface area contributed by atoms with Crippen molar-refractivity contribution in [1.82, 2.24) is 15.5 Å². The minimum absolute atomic E-state index is 0.0582. The summed E-state index contributed by atoms with van der Waals surface area (Å²) in [5.74, 6) is -0.713. The molecule has 2 aliphatic rings. The van der Waals surface area contributed by atoms with E-state index in [4.69, 9.17) is 0 Å². The number of anilines is 1. The molecular formula is C16H19FN4O3. The number of imide groups is 1. The van der Waals surface area contributed by atoms with Crippen LogP contribution in [0.25, 0.3) is 0 Å². The summed E-state index contributed by atoms with van der Waals surface area (Å²) >= 11 is 0. The quantitative estimate of drug-likeness (QED) is 0.784. The molecule has 2 fully saturated rings. The highest BCUT2D eigenvalue weighted by Crippen LogP contribution is 2.20. The predicted octanol–water partition coefficient (Wildman–Crippen LogP) is 0.463. The van der Waals surface area contributed by atoms with Crippen LogP contribution in [-0.4, -0.2) is 55.0 Å². The first-order chi connectivity index (χ1) is 11.5. The lowest BCUT2D eigenvalue weighted by atomic mass is 10.1. The van der Waals surface area contributed by atoms with Crippen LogP contribution in [-0.2, 0) is 9.59 Å². The van der Waals surface area contributed by atoms with E-state index in [0.29, 0.717) is 31.9 Å².